The first kappa shape index (κ1) is 22.2. The molecule has 5 rings (SSSR count). The lowest BCUT2D eigenvalue weighted by atomic mass is 10.1. The van der Waals surface area contributed by atoms with Gasteiger partial charge in [0.05, 0.1) is 43.5 Å². The second kappa shape index (κ2) is 8.98. The SMILES string of the molecule is COC(=O)c1ccc2c(c1)nc(-c1cc3ccccc3[nH]c1=O)n2Cc1ccc(OC)c(OC)c1. The normalized spacial score (nSPS) is 11.1. The fraction of sp³-hybridized carbons (Fsp3) is 0.148. The molecular formula is C27H23N3O5. The first-order valence-electron chi connectivity index (χ1n) is 10.9. The summed E-state index contributed by atoms with van der Waals surface area (Å²) in [6.07, 6.45) is 0. The Morgan fingerprint density at radius 1 is 0.943 bits per heavy atom. The summed E-state index contributed by atoms with van der Waals surface area (Å²) in [5.74, 6) is 1.27. The Labute approximate surface area is 200 Å². The summed E-state index contributed by atoms with van der Waals surface area (Å²) in [7, 11) is 4.51. The molecule has 1 N–H and O–H groups in total. The number of aromatic nitrogens is 3. The molecule has 2 heterocycles. The van der Waals surface area contributed by atoms with E-state index in [0.29, 0.717) is 40.5 Å². The van der Waals surface area contributed by atoms with Crippen LogP contribution in [-0.4, -0.2) is 41.8 Å². The molecule has 8 nitrogen and oxygen atoms in total. The largest absolute Gasteiger partial charge is 0.493 e. The minimum Gasteiger partial charge on any atom is -0.493 e. The van der Waals surface area contributed by atoms with Gasteiger partial charge in [-0.2, -0.15) is 0 Å². The second-order valence-electron chi connectivity index (χ2n) is 8.01. The van der Waals surface area contributed by atoms with Gasteiger partial charge < -0.3 is 23.8 Å². The van der Waals surface area contributed by atoms with E-state index in [9.17, 15) is 9.59 Å². The molecule has 0 aliphatic carbocycles. The molecule has 3 aromatic carbocycles. The molecular weight excluding hydrogens is 446 g/mol. The van der Waals surface area contributed by atoms with Crippen molar-refractivity contribution in [2.24, 2.45) is 0 Å². The van der Waals surface area contributed by atoms with Gasteiger partial charge in [0.15, 0.2) is 11.5 Å². The lowest BCUT2D eigenvalue weighted by Crippen LogP contribution is -2.13. The van der Waals surface area contributed by atoms with E-state index in [4.69, 9.17) is 19.2 Å². The predicted molar refractivity (Wildman–Crippen MR) is 133 cm³/mol. The quantitative estimate of drug-likeness (QED) is 0.371. The van der Waals surface area contributed by atoms with Crippen molar-refractivity contribution >= 4 is 27.9 Å². The van der Waals surface area contributed by atoms with Gasteiger partial charge in [0.1, 0.15) is 5.82 Å². The van der Waals surface area contributed by atoms with E-state index < -0.39 is 5.97 Å². The smallest absolute Gasteiger partial charge is 0.337 e. The van der Waals surface area contributed by atoms with E-state index in [2.05, 4.69) is 4.98 Å². The summed E-state index contributed by atoms with van der Waals surface area (Å²) >= 11 is 0. The van der Waals surface area contributed by atoms with Crippen LogP contribution < -0.4 is 15.0 Å². The highest BCUT2D eigenvalue weighted by atomic mass is 16.5. The Morgan fingerprint density at radius 3 is 2.51 bits per heavy atom. The van der Waals surface area contributed by atoms with Gasteiger partial charge in [0.2, 0.25) is 0 Å². The number of aromatic amines is 1. The maximum Gasteiger partial charge on any atom is 0.337 e. The molecule has 0 bridgehead atoms. The molecule has 8 heteroatoms. The third-order valence-electron chi connectivity index (χ3n) is 5.95. The zero-order chi connectivity index (χ0) is 24.5. The van der Waals surface area contributed by atoms with Crippen LogP contribution in [0.3, 0.4) is 0 Å². The van der Waals surface area contributed by atoms with Crippen LogP contribution >= 0.6 is 0 Å². The number of carbonyl (C=O) groups is 1. The molecule has 0 radical (unpaired) electrons. The van der Waals surface area contributed by atoms with Gasteiger partial charge >= 0.3 is 5.97 Å². The highest BCUT2D eigenvalue weighted by Crippen LogP contribution is 2.30. The number of nitrogens with one attached hydrogen (secondary N) is 1. The van der Waals surface area contributed by atoms with Gasteiger partial charge in [-0.3, -0.25) is 4.79 Å². The zero-order valence-corrected chi connectivity index (χ0v) is 19.5. The number of fused-ring (bicyclic) bond motifs is 2. The lowest BCUT2D eigenvalue weighted by Gasteiger charge is -2.13. The van der Waals surface area contributed by atoms with Crippen molar-refractivity contribution in [3.8, 4) is 22.9 Å². The standard InChI is InChI=1S/C27H23N3O5/c1-33-23-11-8-16(12-24(23)34-2)15-30-22-10-9-18(27(32)35-3)14-21(22)28-25(30)19-13-17-6-4-5-7-20(17)29-26(19)31/h4-14H,15H2,1-3H3,(H,29,31). The van der Waals surface area contributed by atoms with E-state index in [1.54, 1.807) is 26.4 Å². The molecule has 0 amide bonds. The van der Waals surface area contributed by atoms with E-state index in [0.717, 1.165) is 22.0 Å². The van der Waals surface area contributed by atoms with Crippen molar-refractivity contribution in [3.05, 3.63) is 88.2 Å². The molecule has 0 saturated heterocycles. The Hall–Kier alpha value is -4.59. The monoisotopic (exact) mass is 469 g/mol. The number of hydrogen-bond donors (Lipinski definition) is 1. The van der Waals surface area contributed by atoms with E-state index >= 15 is 0 Å². The Bertz CT molecular complexity index is 1630. The maximum absolute atomic E-state index is 13.1. The maximum atomic E-state index is 13.1. The number of H-pyrrole nitrogens is 1. The van der Waals surface area contributed by atoms with Gasteiger partial charge in [-0.1, -0.05) is 24.3 Å². The number of methoxy groups -OCH3 is 3. The first-order chi connectivity index (χ1) is 17.0. The molecule has 0 spiro atoms. The van der Waals surface area contributed by atoms with Gasteiger partial charge in [0, 0.05) is 12.1 Å². The average molecular weight is 469 g/mol. The number of para-hydroxylation sites is 1. The summed E-state index contributed by atoms with van der Waals surface area (Å²) in [6.45, 7) is 0.413. The van der Waals surface area contributed by atoms with Crippen molar-refractivity contribution in [1.29, 1.82) is 0 Å². The molecule has 0 aliphatic heterocycles. The van der Waals surface area contributed by atoms with Crippen molar-refractivity contribution in [2.75, 3.05) is 21.3 Å². The van der Waals surface area contributed by atoms with Crippen molar-refractivity contribution in [1.82, 2.24) is 14.5 Å². The van der Waals surface area contributed by atoms with Crippen LogP contribution in [0.4, 0.5) is 0 Å². The Morgan fingerprint density at radius 2 is 1.74 bits per heavy atom. The van der Waals surface area contributed by atoms with E-state index in [1.165, 1.54) is 7.11 Å². The summed E-state index contributed by atoms with van der Waals surface area (Å²) in [5.41, 5.74) is 3.59. The average Bonchev–Trinajstić information content (AvgIpc) is 3.24. The Balaban J connectivity index is 1.72. The van der Waals surface area contributed by atoms with Gasteiger partial charge in [0.25, 0.3) is 5.56 Å². The van der Waals surface area contributed by atoms with Gasteiger partial charge in [-0.15, -0.1) is 0 Å². The number of benzene rings is 3. The van der Waals surface area contributed by atoms with Gasteiger partial charge in [-0.05, 0) is 53.4 Å². The summed E-state index contributed by atoms with van der Waals surface area (Å²) in [4.78, 5) is 32.9. The molecule has 0 aliphatic rings. The third-order valence-corrected chi connectivity index (χ3v) is 5.95. The minimum atomic E-state index is -0.452. The fourth-order valence-corrected chi connectivity index (χ4v) is 4.22. The Kier molecular flexibility index (Phi) is 5.70. The first-order valence-corrected chi connectivity index (χ1v) is 10.9. The van der Waals surface area contributed by atoms with Gasteiger partial charge in [-0.25, -0.2) is 9.78 Å². The number of rotatable bonds is 6. The van der Waals surface area contributed by atoms with Crippen molar-refractivity contribution in [3.63, 3.8) is 0 Å². The summed E-state index contributed by atoms with van der Waals surface area (Å²) < 4.78 is 17.6. The number of nitrogens with zero attached hydrogens (tertiary/aromatic N) is 2. The fourth-order valence-electron chi connectivity index (χ4n) is 4.22. The number of carbonyl (C=O) groups excluding carboxylic acids is 1. The predicted octanol–water partition coefficient (Wildman–Crippen LogP) is 4.40. The number of pyridine rings is 1. The van der Waals surface area contributed by atoms with Crippen molar-refractivity contribution < 1.29 is 19.0 Å². The molecule has 176 valence electrons. The summed E-state index contributed by atoms with van der Waals surface area (Å²) in [5, 5.41) is 0.891. The molecule has 0 saturated carbocycles. The minimum absolute atomic E-state index is 0.249. The number of hydrogen-bond acceptors (Lipinski definition) is 6. The lowest BCUT2D eigenvalue weighted by molar-refractivity contribution is 0.0601. The summed E-state index contributed by atoms with van der Waals surface area (Å²) in [6, 6.07) is 20.3. The molecule has 0 atom stereocenters. The third kappa shape index (κ3) is 3.99. The van der Waals surface area contributed by atoms with Crippen LogP contribution in [0, 0.1) is 0 Å². The molecule has 0 fully saturated rings. The van der Waals surface area contributed by atoms with E-state index in [1.807, 2.05) is 59.2 Å². The number of imidazole rings is 1. The number of esters is 1. The molecule has 0 unspecified atom stereocenters. The van der Waals surface area contributed by atoms with Crippen LogP contribution in [0.2, 0.25) is 0 Å². The zero-order valence-electron chi connectivity index (χ0n) is 19.5. The van der Waals surface area contributed by atoms with Crippen LogP contribution in [0.5, 0.6) is 11.5 Å². The highest BCUT2D eigenvalue weighted by Gasteiger charge is 2.19. The van der Waals surface area contributed by atoms with E-state index in [-0.39, 0.29) is 5.56 Å². The van der Waals surface area contributed by atoms with Crippen LogP contribution in [-0.2, 0) is 11.3 Å². The van der Waals surface area contributed by atoms with Crippen molar-refractivity contribution in [2.45, 2.75) is 6.54 Å². The van der Waals surface area contributed by atoms with Crippen LogP contribution in [0.1, 0.15) is 15.9 Å². The molecule has 2 aromatic heterocycles. The second-order valence-corrected chi connectivity index (χ2v) is 8.01. The molecule has 35 heavy (non-hydrogen) atoms. The number of ether oxygens (including phenoxy) is 3. The van der Waals surface area contributed by atoms with Crippen LogP contribution in [0.15, 0.2) is 71.5 Å². The molecule has 5 aromatic rings. The topological polar surface area (TPSA) is 95.4 Å². The van der Waals surface area contributed by atoms with Crippen LogP contribution in [0.25, 0.3) is 33.3 Å². The highest BCUT2D eigenvalue weighted by molar-refractivity contribution is 5.94.